The molecule has 0 rings (SSSR count). The summed E-state index contributed by atoms with van der Waals surface area (Å²) in [5.74, 6) is -3.53. The van der Waals surface area contributed by atoms with Gasteiger partial charge in [-0.2, -0.15) is 0 Å². The second-order valence-electron chi connectivity index (χ2n) is 6.50. The van der Waals surface area contributed by atoms with Gasteiger partial charge in [0.05, 0.1) is 6.42 Å². The number of unbranched alkanes of at least 4 members (excludes halogenated alkanes) is 8. The fraction of sp³-hybridized carbons (Fsp3) is 0.833. The van der Waals surface area contributed by atoms with E-state index in [0.29, 0.717) is 6.42 Å². The van der Waals surface area contributed by atoms with E-state index in [4.69, 9.17) is 5.11 Å². The van der Waals surface area contributed by atoms with Crippen molar-refractivity contribution in [3.05, 3.63) is 0 Å². The van der Waals surface area contributed by atoms with Crippen LogP contribution in [0.2, 0.25) is 0 Å². The first-order valence-electron chi connectivity index (χ1n) is 8.95. The third-order valence-corrected chi connectivity index (χ3v) is 4.15. The van der Waals surface area contributed by atoms with Crippen molar-refractivity contribution in [3.63, 3.8) is 0 Å². The van der Waals surface area contributed by atoms with E-state index in [2.05, 4.69) is 6.92 Å². The second kappa shape index (κ2) is 14.9. The molecule has 2 unspecified atom stereocenters. The number of hydrogen-bond donors (Lipinski definition) is 3. The first-order valence-corrected chi connectivity index (χ1v) is 8.95. The number of aliphatic hydroxyl groups is 2. The van der Waals surface area contributed by atoms with E-state index in [0.717, 1.165) is 26.2 Å². The zero-order valence-electron chi connectivity index (χ0n) is 14.9. The van der Waals surface area contributed by atoms with Crippen LogP contribution in [0, 0.1) is 0 Å². The van der Waals surface area contributed by atoms with Crippen molar-refractivity contribution in [2.45, 2.75) is 96.2 Å². The molecule has 0 amide bonds. The summed E-state index contributed by atoms with van der Waals surface area (Å²) in [6, 6.07) is 0. The predicted molar refractivity (Wildman–Crippen MR) is 97.9 cm³/mol. The Morgan fingerprint density at radius 1 is 0.920 bits per heavy atom. The van der Waals surface area contributed by atoms with Crippen LogP contribution in [0.25, 0.3) is 0 Å². The molecule has 0 spiro atoms. The fourth-order valence-electron chi connectivity index (χ4n) is 2.62. The zero-order valence-corrected chi connectivity index (χ0v) is 14.9. The maximum absolute atomic E-state index is 11.8. The summed E-state index contributed by atoms with van der Waals surface area (Å²) in [5.41, 5.74) is -2.83. The summed E-state index contributed by atoms with van der Waals surface area (Å²) in [7, 11) is 0. The summed E-state index contributed by atoms with van der Waals surface area (Å²) in [5, 5.41) is 28.1. The van der Waals surface area contributed by atoms with Gasteiger partial charge in [0, 0.05) is 6.42 Å². The second-order valence-corrected chi connectivity index (χ2v) is 6.50. The van der Waals surface area contributed by atoms with E-state index >= 15 is 0 Å². The number of Topliss-reactive ketones (excluding diaryl/α,β-unsaturated/α-hetero) is 2. The summed E-state index contributed by atoms with van der Waals surface area (Å²) in [6.45, 7) is 3.25. The molecule has 25 heavy (non-hydrogen) atoms. The minimum absolute atomic E-state index is 0. The van der Waals surface area contributed by atoms with Gasteiger partial charge in [0.15, 0.2) is 0 Å². The van der Waals surface area contributed by atoms with Gasteiger partial charge >= 0.3 is 35.5 Å². The Kier molecular flexibility index (Phi) is 16.0. The topological polar surface area (TPSA) is 112 Å². The molecule has 0 aromatic carbocycles. The van der Waals surface area contributed by atoms with Crippen molar-refractivity contribution in [2.75, 3.05) is 0 Å². The molecule has 6 nitrogen and oxygen atoms in total. The molecular weight excluding hydrogens is 335 g/mol. The zero-order chi connectivity index (χ0) is 18.6. The molecule has 0 heterocycles. The molecule has 0 saturated heterocycles. The van der Waals surface area contributed by atoms with Crippen molar-refractivity contribution < 1.29 is 29.7 Å². The maximum atomic E-state index is 11.8. The van der Waals surface area contributed by atoms with E-state index in [9.17, 15) is 24.6 Å². The van der Waals surface area contributed by atoms with Crippen molar-refractivity contribution in [2.24, 2.45) is 0 Å². The van der Waals surface area contributed by atoms with Gasteiger partial charge < -0.3 is 15.3 Å². The van der Waals surface area contributed by atoms with Crippen LogP contribution in [0.3, 0.4) is 0 Å². The van der Waals surface area contributed by atoms with Crippen LogP contribution in [0.15, 0.2) is 0 Å². The number of ketones is 2. The molecule has 0 aliphatic rings. The first kappa shape index (κ1) is 27.0. The van der Waals surface area contributed by atoms with Gasteiger partial charge in [0.25, 0.3) is 0 Å². The quantitative estimate of drug-likeness (QED) is 0.231. The van der Waals surface area contributed by atoms with Gasteiger partial charge in [0.1, 0.15) is 11.9 Å². The van der Waals surface area contributed by atoms with Crippen molar-refractivity contribution >= 4 is 47.1 Å². The van der Waals surface area contributed by atoms with Crippen molar-refractivity contribution in [1.29, 1.82) is 0 Å². The van der Waals surface area contributed by atoms with Crippen LogP contribution >= 0.6 is 0 Å². The van der Waals surface area contributed by atoms with Crippen LogP contribution in [0.4, 0.5) is 0 Å². The summed E-state index contributed by atoms with van der Waals surface area (Å²) in [4.78, 5) is 34.6. The molecule has 2 atom stereocenters. The van der Waals surface area contributed by atoms with Gasteiger partial charge in [-0.25, -0.2) is 4.79 Å². The van der Waals surface area contributed by atoms with Crippen LogP contribution in [-0.2, 0) is 14.4 Å². The molecule has 0 aliphatic heterocycles. The van der Waals surface area contributed by atoms with Gasteiger partial charge in [-0.3, -0.25) is 9.59 Å². The molecule has 0 fully saturated rings. The number of hydrogen-bond acceptors (Lipinski definition) is 5. The Hall–Kier alpha value is -0.270. The summed E-state index contributed by atoms with van der Waals surface area (Å²) < 4.78 is 0. The van der Waals surface area contributed by atoms with Crippen molar-refractivity contribution in [3.8, 4) is 0 Å². The van der Waals surface area contributed by atoms with Gasteiger partial charge in [0.2, 0.25) is 11.4 Å². The third kappa shape index (κ3) is 11.1. The van der Waals surface area contributed by atoms with E-state index in [1.165, 1.54) is 32.1 Å². The Labute approximate surface area is 172 Å². The van der Waals surface area contributed by atoms with Gasteiger partial charge in [-0.05, 0) is 13.3 Å². The molecule has 0 aliphatic carbocycles. The number of carbonyl (C=O) groups is 3. The Balaban J connectivity index is 0. The molecule has 3 N–H and O–H groups in total. The molecule has 7 heteroatoms. The Morgan fingerprint density at radius 2 is 1.36 bits per heavy atom. The monoisotopic (exact) mass is 368 g/mol. The fourth-order valence-corrected chi connectivity index (χ4v) is 2.62. The van der Waals surface area contributed by atoms with E-state index in [1.54, 1.807) is 0 Å². The average molecular weight is 368 g/mol. The first-order chi connectivity index (χ1) is 11.3. The number of carboxylic acid groups (broad SMARTS) is 1. The number of carboxylic acids is 1. The number of carbonyl (C=O) groups excluding carboxylic acids is 2. The van der Waals surface area contributed by atoms with Gasteiger partial charge in [-0.15, -0.1) is 0 Å². The van der Waals surface area contributed by atoms with Gasteiger partial charge in [-0.1, -0.05) is 58.3 Å². The summed E-state index contributed by atoms with van der Waals surface area (Å²) >= 11 is 0. The van der Waals surface area contributed by atoms with Crippen LogP contribution in [0.1, 0.15) is 84.5 Å². The SMILES string of the molecule is CCCCCCCCCCCC(=O)CC(O)(C(=O)O)C(=O)C(C)O.[NaH]. The Bertz CT molecular complexity index is 410. The Morgan fingerprint density at radius 3 is 1.76 bits per heavy atom. The standard InChI is InChI=1S/C18H32O6.Na.H/c1-3-4-5-6-7-8-9-10-11-12-15(20)13-18(24,17(22)23)16(21)14(2)19;;/h14,19,24H,3-13H2,1-2H3,(H,22,23);;. The van der Waals surface area contributed by atoms with Crippen LogP contribution < -0.4 is 0 Å². The molecule has 0 saturated carbocycles. The van der Waals surface area contributed by atoms with Crippen LogP contribution in [-0.4, -0.2) is 74.1 Å². The molecular formula is C18H33NaO6. The van der Waals surface area contributed by atoms with E-state index in [1.807, 2.05) is 0 Å². The molecule has 0 aromatic rings. The normalized spacial score (nSPS) is 14.2. The minimum atomic E-state index is -2.83. The van der Waals surface area contributed by atoms with E-state index < -0.39 is 35.7 Å². The third-order valence-electron chi connectivity index (χ3n) is 4.15. The van der Waals surface area contributed by atoms with Crippen molar-refractivity contribution in [1.82, 2.24) is 0 Å². The summed E-state index contributed by atoms with van der Waals surface area (Å²) in [6.07, 6.45) is 7.53. The molecule has 0 bridgehead atoms. The number of aliphatic hydroxyl groups excluding tert-OH is 1. The molecule has 0 aromatic heterocycles. The number of rotatable bonds is 15. The number of aliphatic carboxylic acids is 1. The van der Waals surface area contributed by atoms with E-state index in [-0.39, 0.29) is 36.0 Å². The average Bonchev–Trinajstić information content (AvgIpc) is 2.52. The van der Waals surface area contributed by atoms with Crippen LogP contribution in [0.5, 0.6) is 0 Å². The molecule has 142 valence electrons. The molecule has 0 radical (unpaired) electrons. The predicted octanol–water partition coefficient (Wildman–Crippen LogP) is 1.98.